The van der Waals surface area contributed by atoms with Crippen LogP contribution in [0.15, 0.2) is 54.9 Å². The van der Waals surface area contributed by atoms with Crippen LogP contribution in [-0.2, 0) is 17.8 Å². The summed E-state index contributed by atoms with van der Waals surface area (Å²) in [6, 6.07) is 13.8. The molecule has 6 heteroatoms. The van der Waals surface area contributed by atoms with E-state index in [4.69, 9.17) is 0 Å². The summed E-state index contributed by atoms with van der Waals surface area (Å²) >= 11 is 0. The number of piperidine rings is 1. The van der Waals surface area contributed by atoms with Gasteiger partial charge in [-0.3, -0.25) is 14.7 Å². The van der Waals surface area contributed by atoms with Gasteiger partial charge in [-0.05, 0) is 49.4 Å². The first-order valence-electron chi connectivity index (χ1n) is 10.9. The molecule has 0 atom stereocenters. The third kappa shape index (κ3) is 3.97. The lowest BCUT2D eigenvalue weighted by Gasteiger charge is -2.42. The van der Waals surface area contributed by atoms with Crippen LogP contribution in [0.25, 0.3) is 0 Å². The topological polar surface area (TPSA) is 56.8 Å². The lowest BCUT2D eigenvalue weighted by Crippen LogP contribution is -2.57. The minimum Gasteiger partial charge on any atom is -0.309 e. The molecule has 0 N–H and O–H groups in total. The van der Waals surface area contributed by atoms with Crippen LogP contribution < -0.4 is 0 Å². The number of carbonyl (C=O) groups excluding carboxylic acids is 2. The Balaban J connectivity index is 1.57. The first-order chi connectivity index (χ1) is 14.6. The zero-order chi connectivity index (χ0) is 21.0. The first kappa shape index (κ1) is 20.5. The van der Waals surface area contributed by atoms with Crippen molar-refractivity contribution in [1.29, 1.82) is 0 Å². The predicted molar refractivity (Wildman–Crippen MR) is 116 cm³/mol. The van der Waals surface area contributed by atoms with Crippen LogP contribution in [0, 0.1) is 0 Å². The highest BCUT2D eigenvalue weighted by atomic mass is 16.2. The summed E-state index contributed by atoms with van der Waals surface area (Å²) in [6.45, 7) is 5.78. The van der Waals surface area contributed by atoms with E-state index in [1.54, 1.807) is 12.4 Å². The summed E-state index contributed by atoms with van der Waals surface area (Å²) in [6.07, 6.45) is 6.69. The number of hydrogen-bond donors (Lipinski definition) is 0. The Labute approximate surface area is 178 Å². The van der Waals surface area contributed by atoms with Gasteiger partial charge in [-0.15, -0.1) is 0 Å². The third-order valence-corrected chi connectivity index (χ3v) is 6.38. The van der Waals surface area contributed by atoms with Crippen molar-refractivity contribution in [2.75, 3.05) is 26.2 Å². The number of pyridine rings is 1. The van der Waals surface area contributed by atoms with Gasteiger partial charge in [-0.25, -0.2) is 4.79 Å². The predicted octanol–water partition coefficient (Wildman–Crippen LogP) is 3.33. The van der Waals surface area contributed by atoms with Crippen LogP contribution in [0.2, 0.25) is 0 Å². The second-order valence-electron chi connectivity index (χ2n) is 8.30. The van der Waals surface area contributed by atoms with E-state index in [9.17, 15) is 9.59 Å². The molecule has 1 spiro atoms. The average molecular weight is 407 g/mol. The molecule has 0 aliphatic carbocycles. The highest BCUT2D eigenvalue weighted by Crippen LogP contribution is 2.38. The SMILES string of the molecule is CCCN1CCC2(CC1)C(=O)N(Cc1cccnc1)C(=O)N2CCc1ccccc1. The van der Waals surface area contributed by atoms with Gasteiger partial charge in [0.2, 0.25) is 0 Å². The number of carbonyl (C=O) groups is 2. The quantitative estimate of drug-likeness (QED) is 0.662. The molecule has 0 saturated carbocycles. The van der Waals surface area contributed by atoms with Crippen molar-refractivity contribution in [2.24, 2.45) is 0 Å². The van der Waals surface area contributed by atoms with Gasteiger partial charge >= 0.3 is 6.03 Å². The van der Waals surface area contributed by atoms with Crippen molar-refractivity contribution in [3.8, 4) is 0 Å². The molecule has 2 aliphatic heterocycles. The van der Waals surface area contributed by atoms with Gasteiger partial charge < -0.3 is 9.80 Å². The van der Waals surface area contributed by atoms with E-state index in [2.05, 4.69) is 28.9 Å². The summed E-state index contributed by atoms with van der Waals surface area (Å²) in [7, 11) is 0. The Morgan fingerprint density at radius 2 is 1.70 bits per heavy atom. The summed E-state index contributed by atoms with van der Waals surface area (Å²) in [4.78, 5) is 36.9. The monoisotopic (exact) mass is 406 g/mol. The van der Waals surface area contributed by atoms with Crippen LogP contribution >= 0.6 is 0 Å². The van der Waals surface area contributed by atoms with Crippen molar-refractivity contribution in [3.63, 3.8) is 0 Å². The lowest BCUT2D eigenvalue weighted by molar-refractivity contribution is -0.136. The molecule has 4 rings (SSSR count). The van der Waals surface area contributed by atoms with E-state index < -0.39 is 5.54 Å². The Kier molecular flexibility index (Phi) is 6.13. The molecule has 158 valence electrons. The fourth-order valence-corrected chi connectivity index (χ4v) is 4.74. The molecule has 0 bridgehead atoms. The van der Waals surface area contributed by atoms with E-state index in [0.717, 1.165) is 38.0 Å². The van der Waals surface area contributed by atoms with Crippen LogP contribution in [0.1, 0.15) is 37.3 Å². The number of rotatable bonds is 7. The maximum absolute atomic E-state index is 13.6. The van der Waals surface area contributed by atoms with Gasteiger partial charge in [0, 0.05) is 32.0 Å². The summed E-state index contributed by atoms with van der Waals surface area (Å²) in [5, 5.41) is 0. The molecular weight excluding hydrogens is 376 g/mol. The molecule has 0 radical (unpaired) electrons. The number of nitrogens with zero attached hydrogens (tertiary/aromatic N) is 4. The van der Waals surface area contributed by atoms with E-state index in [-0.39, 0.29) is 18.5 Å². The highest BCUT2D eigenvalue weighted by molar-refractivity contribution is 6.07. The third-order valence-electron chi connectivity index (χ3n) is 6.38. The number of hydrogen-bond acceptors (Lipinski definition) is 4. The summed E-state index contributed by atoms with van der Waals surface area (Å²) in [5.74, 6) is -0.0411. The normalized spacial score (nSPS) is 19.1. The van der Waals surface area contributed by atoms with Crippen LogP contribution in [0.5, 0.6) is 0 Å². The zero-order valence-electron chi connectivity index (χ0n) is 17.7. The Morgan fingerprint density at radius 1 is 0.967 bits per heavy atom. The van der Waals surface area contributed by atoms with Crippen molar-refractivity contribution >= 4 is 11.9 Å². The number of aromatic nitrogens is 1. The minimum absolute atomic E-state index is 0.0411. The molecule has 2 fully saturated rings. The van der Waals surface area contributed by atoms with Crippen molar-refractivity contribution in [3.05, 3.63) is 66.0 Å². The maximum Gasteiger partial charge on any atom is 0.328 e. The van der Waals surface area contributed by atoms with Gasteiger partial charge in [0.15, 0.2) is 0 Å². The van der Waals surface area contributed by atoms with E-state index in [1.807, 2.05) is 35.2 Å². The summed E-state index contributed by atoms with van der Waals surface area (Å²) in [5.41, 5.74) is 1.35. The largest absolute Gasteiger partial charge is 0.328 e. The second-order valence-corrected chi connectivity index (χ2v) is 8.30. The highest BCUT2D eigenvalue weighted by Gasteiger charge is 2.57. The standard InChI is InChI=1S/C24H30N4O2/c1-2-14-26-16-11-24(12-17-26)22(29)27(19-21-9-6-13-25-18-21)23(30)28(24)15-10-20-7-4-3-5-8-20/h3-9,13,18H,2,10-12,14-17,19H2,1H3. The van der Waals surface area contributed by atoms with Gasteiger partial charge in [-0.1, -0.05) is 43.3 Å². The molecule has 0 unspecified atom stereocenters. The van der Waals surface area contributed by atoms with E-state index in [0.29, 0.717) is 19.4 Å². The molecule has 30 heavy (non-hydrogen) atoms. The molecule has 2 saturated heterocycles. The molecule has 3 heterocycles. The molecule has 1 aromatic carbocycles. The molecular formula is C24H30N4O2. The summed E-state index contributed by atoms with van der Waals surface area (Å²) < 4.78 is 0. The lowest BCUT2D eigenvalue weighted by atomic mass is 9.85. The van der Waals surface area contributed by atoms with Crippen molar-refractivity contribution in [2.45, 2.75) is 44.7 Å². The van der Waals surface area contributed by atoms with Crippen LogP contribution in [0.4, 0.5) is 4.79 Å². The van der Waals surface area contributed by atoms with Crippen molar-refractivity contribution in [1.82, 2.24) is 19.7 Å². The molecule has 2 aliphatic rings. The Morgan fingerprint density at radius 3 is 2.37 bits per heavy atom. The minimum atomic E-state index is -0.710. The maximum atomic E-state index is 13.6. The molecule has 3 amide bonds. The zero-order valence-corrected chi connectivity index (χ0v) is 17.7. The van der Waals surface area contributed by atoms with Gasteiger partial charge in [0.1, 0.15) is 5.54 Å². The first-order valence-corrected chi connectivity index (χ1v) is 10.9. The average Bonchev–Trinajstić information content (AvgIpc) is 2.97. The number of amides is 3. The number of benzene rings is 1. The number of imide groups is 1. The fourth-order valence-electron chi connectivity index (χ4n) is 4.74. The van der Waals surface area contributed by atoms with Crippen LogP contribution in [-0.4, -0.2) is 63.3 Å². The second kappa shape index (κ2) is 8.96. The van der Waals surface area contributed by atoms with Gasteiger partial charge in [-0.2, -0.15) is 0 Å². The Bertz CT molecular complexity index is 863. The fraction of sp³-hybridized carbons (Fsp3) is 0.458. The molecule has 2 aromatic rings. The smallest absolute Gasteiger partial charge is 0.309 e. The molecule has 1 aromatic heterocycles. The van der Waals surface area contributed by atoms with Gasteiger partial charge in [0.25, 0.3) is 5.91 Å². The van der Waals surface area contributed by atoms with E-state index in [1.165, 1.54) is 10.5 Å². The number of likely N-dealkylation sites (tertiary alicyclic amines) is 1. The van der Waals surface area contributed by atoms with Crippen LogP contribution in [0.3, 0.4) is 0 Å². The van der Waals surface area contributed by atoms with Gasteiger partial charge in [0.05, 0.1) is 6.54 Å². The van der Waals surface area contributed by atoms with Crippen molar-refractivity contribution < 1.29 is 9.59 Å². The van der Waals surface area contributed by atoms with E-state index >= 15 is 0 Å². The number of urea groups is 1. The molecule has 6 nitrogen and oxygen atoms in total. The Hall–Kier alpha value is -2.73.